The van der Waals surface area contributed by atoms with Crippen LogP contribution in [0.1, 0.15) is 15.9 Å². The summed E-state index contributed by atoms with van der Waals surface area (Å²) < 4.78 is 0. The number of carbonyl (C=O) groups is 1. The number of amides is 1. The maximum Gasteiger partial charge on any atom is 0.254 e. The number of nitrogens with zero attached hydrogens (tertiary/aromatic N) is 2. The van der Waals surface area contributed by atoms with Crippen molar-refractivity contribution < 1.29 is 4.79 Å². The van der Waals surface area contributed by atoms with Crippen LogP contribution in [0.5, 0.6) is 0 Å². The fourth-order valence-corrected chi connectivity index (χ4v) is 3.27. The van der Waals surface area contributed by atoms with Crippen LogP contribution >= 0.6 is 23.2 Å². The van der Waals surface area contributed by atoms with Crippen molar-refractivity contribution in [3.8, 4) is 0 Å². The predicted molar refractivity (Wildman–Crippen MR) is 95.8 cm³/mol. The molecule has 0 aromatic heterocycles. The third kappa shape index (κ3) is 3.46. The molecule has 1 fully saturated rings. The van der Waals surface area contributed by atoms with Gasteiger partial charge in [0.15, 0.2) is 0 Å². The van der Waals surface area contributed by atoms with Gasteiger partial charge < -0.3 is 9.80 Å². The summed E-state index contributed by atoms with van der Waals surface area (Å²) in [6, 6.07) is 13.2. The van der Waals surface area contributed by atoms with Crippen molar-refractivity contribution in [3.63, 3.8) is 0 Å². The normalized spacial score (nSPS) is 14.9. The summed E-state index contributed by atoms with van der Waals surface area (Å²) in [5, 5.41) is 1.36. The molecule has 23 heavy (non-hydrogen) atoms. The zero-order valence-corrected chi connectivity index (χ0v) is 14.4. The second-order valence-electron chi connectivity index (χ2n) is 5.69. The Kier molecular flexibility index (Phi) is 4.79. The van der Waals surface area contributed by atoms with Crippen molar-refractivity contribution in [3.05, 3.63) is 63.6 Å². The van der Waals surface area contributed by atoms with Gasteiger partial charge in [0.25, 0.3) is 5.91 Å². The van der Waals surface area contributed by atoms with E-state index in [4.69, 9.17) is 23.2 Å². The van der Waals surface area contributed by atoms with Gasteiger partial charge >= 0.3 is 0 Å². The molecule has 0 bridgehead atoms. The van der Waals surface area contributed by atoms with Crippen LogP contribution in [0.4, 0.5) is 5.69 Å². The molecule has 0 radical (unpaired) electrons. The number of rotatable bonds is 2. The summed E-state index contributed by atoms with van der Waals surface area (Å²) in [5.74, 6) is 0.0972. The monoisotopic (exact) mass is 348 g/mol. The van der Waals surface area contributed by atoms with Crippen molar-refractivity contribution in [2.75, 3.05) is 31.1 Å². The fraction of sp³-hybridized carbons (Fsp3) is 0.278. The zero-order valence-electron chi connectivity index (χ0n) is 12.9. The van der Waals surface area contributed by atoms with Crippen LogP contribution in [0, 0.1) is 6.92 Å². The van der Waals surface area contributed by atoms with Gasteiger partial charge in [-0.15, -0.1) is 0 Å². The summed E-state index contributed by atoms with van der Waals surface area (Å²) in [7, 11) is 0. The van der Waals surface area contributed by atoms with Crippen LogP contribution in [-0.4, -0.2) is 37.0 Å². The van der Waals surface area contributed by atoms with E-state index >= 15 is 0 Å². The lowest BCUT2D eigenvalue weighted by molar-refractivity contribution is 0.0746. The molecule has 0 spiro atoms. The van der Waals surface area contributed by atoms with E-state index in [1.54, 1.807) is 6.07 Å². The summed E-state index contributed by atoms with van der Waals surface area (Å²) in [6.07, 6.45) is 0. The first kappa shape index (κ1) is 16.2. The smallest absolute Gasteiger partial charge is 0.254 e. The summed E-state index contributed by atoms with van der Waals surface area (Å²) in [4.78, 5) is 16.7. The lowest BCUT2D eigenvalue weighted by Crippen LogP contribution is -2.49. The lowest BCUT2D eigenvalue weighted by atomic mass is 10.1. The van der Waals surface area contributed by atoms with Crippen LogP contribution in [0.25, 0.3) is 0 Å². The quantitative estimate of drug-likeness (QED) is 0.809. The molecule has 0 saturated carbocycles. The van der Waals surface area contributed by atoms with Gasteiger partial charge in [-0.25, -0.2) is 0 Å². The molecule has 0 unspecified atom stereocenters. The molecular weight excluding hydrogens is 331 g/mol. The molecule has 1 heterocycles. The van der Waals surface area contributed by atoms with E-state index in [-0.39, 0.29) is 5.91 Å². The van der Waals surface area contributed by atoms with Gasteiger partial charge in [-0.3, -0.25) is 4.79 Å². The van der Waals surface area contributed by atoms with Crippen molar-refractivity contribution in [2.45, 2.75) is 6.92 Å². The van der Waals surface area contributed by atoms with E-state index in [9.17, 15) is 4.79 Å². The van der Waals surface area contributed by atoms with Crippen LogP contribution in [0.3, 0.4) is 0 Å². The van der Waals surface area contributed by atoms with Gasteiger partial charge in [-0.2, -0.15) is 0 Å². The van der Waals surface area contributed by atoms with Crippen LogP contribution in [-0.2, 0) is 0 Å². The second kappa shape index (κ2) is 6.81. The summed E-state index contributed by atoms with van der Waals surface area (Å²) in [6.45, 7) is 4.82. The molecule has 1 amide bonds. The number of carbonyl (C=O) groups excluding carboxylic acids is 1. The average molecular weight is 349 g/mol. The van der Waals surface area contributed by atoms with Gasteiger partial charge in [-0.1, -0.05) is 41.4 Å². The minimum atomic E-state index is 0.0972. The Morgan fingerprint density at radius 2 is 1.70 bits per heavy atom. The molecule has 0 N–H and O–H groups in total. The molecular formula is C18H18Cl2N2O. The first-order valence-electron chi connectivity index (χ1n) is 7.61. The number of piperazine rings is 1. The van der Waals surface area contributed by atoms with E-state index < -0.39 is 0 Å². The highest BCUT2D eigenvalue weighted by molar-refractivity contribution is 6.35. The molecule has 1 aliphatic heterocycles. The molecule has 3 rings (SSSR count). The Hall–Kier alpha value is -1.71. The number of aryl methyl sites for hydroxylation is 1. The van der Waals surface area contributed by atoms with Crippen LogP contribution < -0.4 is 4.90 Å². The number of hydrogen-bond donors (Lipinski definition) is 0. The molecule has 2 aromatic carbocycles. The SMILES string of the molecule is Cc1ccccc1C(=O)N1CCN(c2cc(Cl)ccc2Cl)CC1. The Bertz CT molecular complexity index is 725. The number of halogens is 2. The maximum atomic E-state index is 12.6. The first-order chi connectivity index (χ1) is 11.1. The van der Waals surface area contributed by atoms with E-state index in [1.165, 1.54) is 0 Å². The maximum absolute atomic E-state index is 12.6. The molecule has 0 atom stereocenters. The second-order valence-corrected chi connectivity index (χ2v) is 6.53. The Labute approximate surface area is 146 Å². The van der Waals surface area contributed by atoms with Gasteiger partial charge in [0.05, 0.1) is 10.7 Å². The lowest BCUT2D eigenvalue weighted by Gasteiger charge is -2.36. The standard InChI is InChI=1S/C18H18Cl2N2O/c1-13-4-2-3-5-15(13)18(23)22-10-8-21(9-11-22)17-12-14(19)6-7-16(17)20/h2-7,12H,8-11H2,1H3. The largest absolute Gasteiger partial charge is 0.367 e. The van der Waals surface area contributed by atoms with E-state index in [2.05, 4.69) is 4.90 Å². The molecule has 0 aliphatic carbocycles. The van der Waals surface area contributed by atoms with E-state index in [0.29, 0.717) is 23.1 Å². The summed E-state index contributed by atoms with van der Waals surface area (Å²) >= 11 is 12.3. The van der Waals surface area contributed by atoms with Gasteiger partial charge in [-0.05, 0) is 36.8 Å². The molecule has 1 saturated heterocycles. The number of hydrogen-bond acceptors (Lipinski definition) is 2. The highest BCUT2D eigenvalue weighted by atomic mass is 35.5. The molecule has 1 aliphatic rings. The number of benzene rings is 2. The number of anilines is 1. The molecule has 5 heteroatoms. The highest BCUT2D eigenvalue weighted by Gasteiger charge is 2.24. The first-order valence-corrected chi connectivity index (χ1v) is 8.37. The van der Waals surface area contributed by atoms with E-state index in [1.807, 2.05) is 48.2 Å². The van der Waals surface area contributed by atoms with Crippen molar-refractivity contribution in [1.29, 1.82) is 0 Å². The zero-order chi connectivity index (χ0) is 16.4. The molecule has 2 aromatic rings. The van der Waals surface area contributed by atoms with Crippen molar-refractivity contribution >= 4 is 34.8 Å². The topological polar surface area (TPSA) is 23.6 Å². The third-order valence-electron chi connectivity index (χ3n) is 4.19. The highest BCUT2D eigenvalue weighted by Crippen LogP contribution is 2.29. The van der Waals surface area contributed by atoms with Crippen LogP contribution in [0.15, 0.2) is 42.5 Å². The fourth-order valence-electron chi connectivity index (χ4n) is 2.86. The average Bonchev–Trinajstić information content (AvgIpc) is 2.57. The Morgan fingerprint density at radius 1 is 1.00 bits per heavy atom. The van der Waals surface area contributed by atoms with Crippen molar-refractivity contribution in [1.82, 2.24) is 4.90 Å². The van der Waals surface area contributed by atoms with Gasteiger partial charge in [0.2, 0.25) is 0 Å². The van der Waals surface area contributed by atoms with Gasteiger partial charge in [0.1, 0.15) is 0 Å². The minimum absolute atomic E-state index is 0.0972. The summed E-state index contributed by atoms with van der Waals surface area (Å²) in [5.41, 5.74) is 2.72. The Morgan fingerprint density at radius 3 is 2.39 bits per heavy atom. The van der Waals surface area contributed by atoms with E-state index in [0.717, 1.165) is 29.9 Å². The van der Waals surface area contributed by atoms with Crippen molar-refractivity contribution in [2.24, 2.45) is 0 Å². The predicted octanol–water partition coefficient (Wildman–Crippen LogP) is 4.26. The minimum Gasteiger partial charge on any atom is -0.367 e. The third-order valence-corrected chi connectivity index (χ3v) is 4.75. The van der Waals surface area contributed by atoms with Gasteiger partial charge in [0, 0.05) is 36.8 Å². The van der Waals surface area contributed by atoms with Crippen LogP contribution in [0.2, 0.25) is 10.0 Å². The molecule has 3 nitrogen and oxygen atoms in total. The molecule has 120 valence electrons. The Balaban J connectivity index is 1.70.